The summed E-state index contributed by atoms with van der Waals surface area (Å²) >= 11 is 0. The smallest absolute Gasteiger partial charge is 0.0828 e. The summed E-state index contributed by atoms with van der Waals surface area (Å²) in [5, 5.41) is 14.0. The first kappa shape index (κ1) is 12.9. The lowest BCUT2D eigenvalue weighted by molar-refractivity contribution is 0.418. The van der Waals surface area contributed by atoms with E-state index in [0.29, 0.717) is 0 Å². The molecule has 0 aliphatic heterocycles. The molecule has 0 spiro atoms. The van der Waals surface area contributed by atoms with E-state index in [0.717, 1.165) is 32.1 Å². The van der Waals surface area contributed by atoms with Crippen molar-refractivity contribution in [1.29, 1.82) is 5.26 Å². The maximum atomic E-state index is 9.81. The molecule has 3 rings (SSSR count). The van der Waals surface area contributed by atoms with Gasteiger partial charge in [0.15, 0.2) is 0 Å². The molecule has 0 radical (unpaired) electrons. The first-order valence-electron chi connectivity index (χ1n) is 7.22. The molecule has 1 aromatic heterocycles. The number of fused-ring (bicyclic) bond motifs is 1. The van der Waals surface area contributed by atoms with Crippen LogP contribution in [0.1, 0.15) is 36.1 Å². The summed E-state index contributed by atoms with van der Waals surface area (Å²) in [7, 11) is 1.96. The van der Waals surface area contributed by atoms with Gasteiger partial charge < -0.3 is 0 Å². The lowest BCUT2D eigenvalue weighted by Gasteiger charge is -2.33. The summed E-state index contributed by atoms with van der Waals surface area (Å²) in [5.41, 5.74) is 3.47. The van der Waals surface area contributed by atoms with Crippen molar-refractivity contribution in [2.24, 2.45) is 7.05 Å². The number of nitriles is 1. The number of nitrogens with zero attached hydrogens (tertiary/aromatic N) is 3. The molecule has 1 atom stereocenters. The lowest BCUT2D eigenvalue weighted by atomic mass is 9.68. The predicted octanol–water partition coefficient (Wildman–Crippen LogP) is 3.15. The largest absolute Gasteiger partial charge is 0.273 e. The maximum absolute atomic E-state index is 9.81. The van der Waals surface area contributed by atoms with Crippen LogP contribution in [0.3, 0.4) is 0 Å². The van der Waals surface area contributed by atoms with Crippen molar-refractivity contribution in [1.82, 2.24) is 9.78 Å². The number of benzene rings is 1. The van der Waals surface area contributed by atoms with Crippen molar-refractivity contribution in [3.63, 3.8) is 0 Å². The van der Waals surface area contributed by atoms with Crippen molar-refractivity contribution in [2.75, 3.05) is 0 Å². The SMILES string of the molecule is Cn1nccc1CCC1(C#N)CCCc2ccccc21. The number of hydrogen-bond donors (Lipinski definition) is 0. The second-order valence-corrected chi connectivity index (χ2v) is 5.65. The number of aryl methyl sites for hydroxylation is 3. The van der Waals surface area contributed by atoms with E-state index in [-0.39, 0.29) is 5.41 Å². The first-order chi connectivity index (χ1) is 9.75. The standard InChI is InChI=1S/C17H19N3/c1-20-15(9-12-19-20)8-11-17(13-18)10-4-6-14-5-2-3-7-16(14)17/h2-3,5,7,9,12H,4,6,8,10-11H2,1H3. The fraction of sp³-hybridized carbons (Fsp3) is 0.412. The highest BCUT2D eigenvalue weighted by Crippen LogP contribution is 2.40. The maximum Gasteiger partial charge on any atom is 0.0828 e. The van der Waals surface area contributed by atoms with E-state index in [4.69, 9.17) is 0 Å². The highest BCUT2D eigenvalue weighted by atomic mass is 15.2. The second-order valence-electron chi connectivity index (χ2n) is 5.65. The van der Waals surface area contributed by atoms with Crippen LogP contribution in [-0.4, -0.2) is 9.78 Å². The van der Waals surface area contributed by atoms with Crippen LogP contribution < -0.4 is 0 Å². The Bertz CT molecular complexity index is 650. The zero-order valence-corrected chi connectivity index (χ0v) is 11.8. The molecule has 3 heteroatoms. The van der Waals surface area contributed by atoms with E-state index in [1.54, 1.807) is 0 Å². The van der Waals surface area contributed by atoms with Gasteiger partial charge in [0.1, 0.15) is 0 Å². The molecule has 1 aromatic carbocycles. The summed E-state index contributed by atoms with van der Waals surface area (Å²) < 4.78 is 1.90. The van der Waals surface area contributed by atoms with Crippen LogP contribution >= 0.6 is 0 Å². The molecular formula is C17H19N3. The van der Waals surface area contributed by atoms with Crippen molar-refractivity contribution in [2.45, 2.75) is 37.5 Å². The Morgan fingerprint density at radius 1 is 1.35 bits per heavy atom. The van der Waals surface area contributed by atoms with E-state index in [2.05, 4.69) is 35.4 Å². The van der Waals surface area contributed by atoms with Crippen molar-refractivity contribution in [3.05, 3.63) is 53.3 Å². The molecule has 0 bridgehead atoms. The quantitative estimate of drug-likeness (QED) is 0.855. The number of aromatic nitrogens is 2. The third-order valence-electron chi connectivity index (χ3n) is 4.53. The zero-order valence-electron chi connectivity index (χ0n) is 11.8. The van der Waals surface area contributed by atoms with E-state index in [1.165, 1.54) is 16.8 Å². The Labute approximate surface area is 119 Å². The Hall–Kier alpha value is -2.08. The minimum Gasteiger partial charge on any atom is -0.273 e. The summed E-state index contributed by atoms with van der Waals surface area (Å²) in [5.74, 6) is 0. The van der Waals surface area contributed by atoms with E-state index in [9.17, 15) is 5.26 Å². The Morgan fingerprint density at radius 3 is 2.95 bits per heavy atom. The molecule has 1 aliphatic carbocycles. The van der Waals surface area contributed by atoms with Crippen LogP contribution in [0.2, 0.25) is 0 Å². The van der Waals surface area contributed by atoms with Gasteiger partial charge in [0, 0.05) is 18.9 Å². The molecule has 0 amide bonds. The van der Waals surface area contributed by atoms with Gasteiger partial charge in [0.25, 0.3) is 0 Å². The predicted molar refractivity (Wildman–Crippen MR) is 78.2 cm³/mol. The molecule has 1 unspecified atom stereocenters. The highest BCUT2D eigenvalue weighted by molar-refractivity contribution is 5.41. The molecule has 0 fully saturated rings. The Morgan fingerprint density at radius 2 is 2.20 bits per heavy atom. The number of hydrogen-bond acceptors (Lipinski definition) is 2. The fourth-order valence-corrected chi connectivity index (χ4v) is 3.34. The van der Waals surface area contributed by atoms with Gasteiger partial charge in [-0.25, -0.2) is 0 Å². The van der Waals surface area contributed by atoms with Gasteiger partial charge in [0.05, 0.1) is 11.5 Å². The third-order valence-corrected chi connectivity index (χ3v) is 4.53. The monoisotopic (exact) mass is 265 g/mol. The van der Waals surface area contributed by atoms with Gasteiger partial charge in [0.2, 0.25) is 0 Å². The van der Waals surface area contributed by atoms with Gasteiger partial charge in [-0.05, 0) is 49.3 Å². The minimum absolute atomic E-state index is 0.320. The summed E-state index contributed by atoms with van der Waals surface area (Å²) in [6.45, 7) is 0. The van der Waals surface area contributed by atoms with Gasteiger partial charge >= 0.3 is 0 Å². The molecule has 102 valence electrons. The van der Waals surface area contributed by atoms with Crippen molar-refractivity contribution < 1.29 is 0 Å². The average molecular weight is 265 g/mol. The summed E-state index contributed by atoms with van der Waals surface area (Å²) in [6, 6.07) is 13.1. The van der Waals surface area contributed by atoms with Crippen LogP contribution in [0, 0.1) is 11.3 Å². The van der Waals surface area contributed by atoms with Crippen molar-refractivity contribution in [3.8, 4) is 6.07 Å². The molecule has 0 N–H and O–H groups in total. The molecule has 2 aromatic rings. The van der Waals surface area contributed by atoms with Gasteiger partial charge in [-0.1, -0.05) is 24.3 Å². The fourth-order valence-electron chi connectivity index (χ4n) is 3.34. The third kappa shape index (κ3) is 2.12. The summed E-state index contributed by atoms with van der Waals surface area (Å²) in [4.78, 5) is 0. The van der Waals surface area contributed by atoms with Crippen LogP contribution in [0.5, 0.6) is 0 Å². The Balaban J connectivity index is 1.90. The topological polar surface area (TPSA) is 41.6 Å². The second kappa shape index (κ2) is 5.13. The zero-order chi connectivity index (χ0) is 14.0. The van der Waals surface area contributed by atoms with Crippen LogP contribution in [0.15, 0.2) is 36.5 Å². The molecule has 0 saturated heterocycles. The molecular weight excluding hydrogens is 246 g/mol. The van der Waals surface area contributed by atoms with E-state index < -0.39 is 0 Å². The normalized spacial score (nSPS) is 21.2. The molecule has 1 aliphatic rings. The average Bonchev–Trinajstić information content (AvgIpc) is 2.90. The van der Waals surface area contributed by atoms with Crippen molar-refractivity contribution >= 4 is 0 Å². The molecule has 3 nitrogen and oxygen atoms in total. The Kier molecular flexibility index (Phi) is 3.31. The van der Waals surface area contributed by atoms with Gasteiger partial charge in [-0.2, -0.15) is 10.4 Å². The van der Waals surface area contributed by atoms with Gasteiger partial charge in [-0.15, -0.1) is 0 Å². The van der Waals surface area contributed by atoms with Crippen LogP contribution in [0.25, 0.3) is 0 Å². The van der Waals surface area contributed by atoms with Gasteiger partial charge in [-0.3, -0.25) is 4.68 Å². The minimum atomic E-state index is -0.320. The van der Waals surface area contributed by atoms with E-state index in [1.807, 2.05) is 24.0 Å². The summed E-state index contributed by atoms with van der Waals surface area (Å²) in [6.07, 6.45) is 6.78. The highest BCUT2D eigenvalue weighted by Gasteiger charge is 2.36. The molecule has 0 saturated carbocycles. The van der Waals surface area contributed by atoms with Crippen LogP contribution in [0.4, 0.5) is 0 Å². The van der Waals surface area contributed by atoms with Crippen LogP contribution in [-0.2, 0) is 25.3 Å². The number of rotatable bonds is 3. The first-order valence-corrected chi connectivity index (χ1v) is 7.22. The lowest BCUT2D eigenvalue weighted by Crippen LogP contribution is -2.30. The van der Waals surface area contributed by atoms with E-state index >= 15 is 0 Å². The molecule has 1 heterocycles. The molecule has 20 heavy (non-hydrogen) atoms.